The maximum absolute atomic E-state index is 9.90. The van der Waals surface area contributed by atoms with Crippen LogP contribution in [0.3, 0.4) is 0 Å². The van der Waals surface area contributed by atoms with E-state index in [1.165, 1.54) is 46.0 Å². The largest absolute Gasteiger partial charge is 0.394 e. The predicted octanol–water partition coefficient (Wildman–Crippen LogP) is -2.12. The first-order valence-corrected chi connectivity index (χ1v) is 6.69. The Morgan fingerprint density at radius 3 is 1.50 bits per heavy atom. The summed E-state index contributed by atoms with van der Waals surface area (Å²) < 4.78 is 9.58. The van der Waals surface area contributed by atoms with Gasteiger partial charge in [0.25, 0.3) is 0 Å². The molecular weight excluding hydrogens is 478 g/mol. The molecule has 0 saturated carbocycles. The van der Waals surface area contributed by atoms with Crippen molar-refractivity contribution in [2.45, 2.75) is 36.6 Å². The molecule has 8 nitrogen and oxygen atoms in total. The maximum atomic E-state index is 9.90. The van der Waals surface area contributed by atoms with Gasteiger partial charge in [-0.1, -0.05) is 0 Å². The van der Waals surface area contributed by atoms with E-state index in [2.05, 4.69) is 0 Å². The van der Waals surface area contributed by atoms with Gasteiger partial charge >= 0.3 is 0 Å². The summed E-state index contributed by atoms with van der Waals surface area (Å²) in [7, 11) is 0. The Bertz CT molecular complexity index is 221. The van der Waals surface area contributed by atoms with Crippen molar-refractivity contribution >= 4 is 46.0 Å². The van der Waals surface area contributed by atoms with Crippen LogP contribution in [0.1, 0.15) is 0 Å². The van der Waals surface area contributed by atoms with Gasteiger partial charge in [0.05, 0.1) is 13.2 Å². The minimum Gasteiger partial charge on any atom is -0.394 e. The van der Waals surface area contributed by atoms with E-state index >= 15 is 0 Å². The standard InChI is InChI=1S/C8H16I2O8/c9-17-7(4(14)2-12)6(16)8(18-10)5(15)3(13)1-11/h3-8,11-16H,1-2H2. The van der Waals surface area contributed by atoms with E-state index in [-0.39, 0.29) is 0 Å². The zero-order valence-corrected chi connectivity index (χ0v) is 13.4. The number of aliphatic hydroxyl groups is 6. The molecule has 110 valence electrons. The SMILES string of the molecule is OCC(O)C(O)C(OI)C(O)C(OI)C(O)CO. The molecule has 6 unspecified atom stereocenters. The van der Waals surface area contributed by atoms with Gasteiger partial charge in [0.1, 0.15) is 82.6 Å². The molecule has 0 amide bonds. The van der Waals surface area contributed by atoms with Crippen LogP contribution >= 0.6 is 46.0 Å². The first kappa shape index (κ1) is 19.1. The Morgan fingerprint density at radius 2 is 1.17 bits per heavy atom. The fourth-order valence-corrected chi connectivity index (χ4v) is 2.51. The third-order valence-electron chi connectivity index (χ3n) is 2.36. The van der Waals surface area contributed by atoms with E-state index in [9.17, 15) is 20.4 Å². The molecule has 0 aromatic carbocycles. The molecule has 0 saturated heterocycles. The number of aliphatic hydroxyl groups excluding tert-OH is 6. The summed E-state index contributed by atoms with van der Waals surface area (Å²) in [6.07, 6.45) is -8.53. The number of hydrogen-bond acceptors (Lipinski definition) is 8. The Kier molecular flexibility index (Phi) is 10.6. The van der Waals surface area contributed by atoms with Gasteiger partial charge in [-0.25, -0.2) is 0 Å². The summed E-state index contributed by atoms with van der Waals surface area (Å²) >= 11 is 2.82. The van der Waals surface area contributed by atoms with Gasteiger partial charge in [-0.3, -0.25) is 0 Å². The zero-order valence-electron chi connectivity index (χ0n) is 9.13. The summed E-state index contributed by atoms with van der Waals surface area (Å²) in [4.78, 5) is 0. The first-order chi connectivity index (χ1) is 8.44. The van der Waals surface area contributed by atoms with Crippen LogP contribution < -0.4 is 0 Å². The number of rotatable bonds is 9. The summed E-state index contributed by atoms with van der Waals surface area (Å²) in [5.74, 6) is 0. The van der Waals surface area contributed by atoms with Gasteiger partial charge in [-0.05, 0) is 0 Å². The smallest absolute Gasteiger partial charge is 0.127 e. The molecule has 0 aromatic rings. The highest BCUT2D eigenvalue weighted by Crippen LogP contribution is 2.20. The second-order valence-corrected chi connectivity index (χ2v) is 4.61. The predicted molar refractivity (Wildman–Crippen MR) is 76.0 cm³/mol. The molecule has 6 atom stereocenters. The van der Waals surface area contributed by atoms with Crippen molar-refractivity contribution in [3.63, 3.8) is 0 Å². The normalized spacial score (nSPS) is 22.0. The number of halogens is 2. The Balaban J connectivity index is 4.81. The summed E-state index contributed by atoms with van der Waals surface area (Å²) in [6.45, 7) is -1.37. The van der Waals surface area contributed by atoms with Crippen LogP contribution in [0.2, 0.25) is 0 Å². The van der Waals surface area contributed by atoms with E-state index in [0.29, 0.717) is 0 Å². The van der Waals surface area contributed by atoms with E-state index in [1.54, 1.807) is 0 Å². The van der Waals surface area contributed by atoms with Gasteiger partial charge in [-0.15, -0.1) is 0 Å². The van der Waals surface area contributed by atoms with Crippen LogP contribution in [0.25, 0.3) is 0 Å². The first-order valence-electron chi connectivity index (χ1n) is 4.93. The highest BCUT2D eigenvalue weighted by Gasteiger charge is 2.40. The van der Waals surface area contributed by atoms with Gasteiger partial charge in [0.2, 0.25) is 0 Å². The zero-order chi connectivity index (χ0) is 14.3. The fraction of sp³-hybridized carbons (Fsp3) is 1.00. The van der Waals surface area contributed by atoms with Crippen molar-refractivity contribution in [2.75, 3.05) is 13.2 Å². The Labute approximate surface area is 132 Å². The summed E-state index contributed by atoms with van der Waals surface area (Å²) in [5, 5.41) is 55.7. The van der Waals surface area contributed by atoms with Crippen LogP contribution in [0, 0.1) is 0 Å². The molecule has 0 heterocycles. The molecule has 0 aromatic heterocycles. The van der Waals surface area contributed by atoms with Crippen LogP contribution in [0.5, 0.6) is 0 Å². The Morgan fingerprint density at radius 1 is 0.722 bits per heavy atom. The topological polar surface area (TPSA) is 140 Å². The average Bonchev–Trinajstić information content (AvgIpc) is 2.38. The van der Waals surface area contributed by atoms with Crippen molar-refractivity contribution in [2.24, 2.45) is 0 Å². The van der Waals surface area contributed by atoms with E-state index < -0.39 is 49.8 Å². The molecule has 0 aliphatic rings. The molecule has 18 heavy (non-hydrogen) atoms. The molecule has 0 rings (SSSR count). The van der Waals surface area contributed by atoms with Gasteiger partial charge < -0.3 is 36.8 Å². The molecule has 0 radical (unpaired) electrons. The van der Waals surface area contributed by atoms with Crippen LogP contribution in [0.4, 0.5) is 0 Å². The van der Waals surface area contributed by atoms with E-state index in [0.717, 1.165) is 0 Å². The summed E-state index contributed by atoms with van der Waals surface area (Å²) in [6, 6.07) is 0. The molecule has 10 heteroatoms. The highest BCUT2D eigenvalue weighted by atomic mass is 127. The van der Waals surface area contributed by atoms with Crippen molar-refractivity contribution in [1.29, 1.82) is 0 Å². The molecular formula is C8H16I2O8. The van der Waals surface area contributed by atoms with Crippen LogP contribution in [0.15, 0.2) is 0 Å². The van der Waals surface area contributed by atoms with Crippen LogP contribution in [-0.2, 0) is 6.13 Å². The third-order valence-corrected chi connectivity index (χ3v) is 3.54. The van der Waals surface area contributed by atoms with Gasteiger partial charge in [0.15, 0.2) is 0 Å². The lowest BCUT2D eigenvalue weighted by atomic mass is 9.97. The third kappa shape index (κ3) is 5.26. The lowest BCUT2D eigenvalue weighted by Crippen LogP contribution is -2.53. The second kappa shape index (κ2) is 9.95. The van der Waals surface area contributed by atoms with Crippen molar-refractivity contribution in [3.05, 3.63) is 0 Å². The van der Waals surface area contributed by atoms with Crippen molar-refractivity contribution in [1.82, 2.24) is 0 Å². The van der Waals surface area contributed by atoms with Gasteiger partial charge in [-0.2, -0.15) is 0 Å². The van der Waals surface area contributed by atoms with Gasteiger partial charge in [0, 0.05) is 0 Å². The summed E-state index contributed by atoms with van der Waals surface area (Å²) in [5.41, 5.74) is 0. The Hall–Kier alpha value is 1.14. The molecule has 0 aliphatic heterocycles. The van der Waals surface area contributed by atoms with E-state index in [1.807, 2.05) is 0 Å². The van der Waals surface area contributed by atoms with Crippen molar-refractivity contribution < 1.29 is 36.8 Å². The quantitative estimate of drug-likeness (QED) is 0.200. The fourth-order valence-electron chi connectivity index (χ4n) is 1.26. The highest BCUT2D eigenvalue weighted by molar-refractivity contribution is 14.1. The number of hydrogen-bond donors (Lipinski definition) is 6. The minimum absolute atomic E-state index is 0.655. The lowest BCUT2D eigenvalue weighted by Gasteiger charge is -2.32. The molecule has 6 N–H and O–H groups in total. The molecule has 0 spiro atoms. The second-order valence-electron chi connectivity index (χ2n) is 3.59. The monoisotopic (exact) mass is 494 g/mol. The molecule has 0 fully saturated rings. The maximum Gasteiger partial charge on any atom is 0.127 e. The lowest BCUT2D eigenvalue weighted by molar-refractivity contribution is -0.130. The average molecular weight is 494 g/mol. The van der Waals surface area contributed by atoms with Crippen LogP contribution in [-0.4, -0.2) is 80.5 Å². The van der Waals surface area contributed by atoms with E-state index in [4.69, 9.17) is 16.3 Å². The molecule has 0 aliphatic carbocycles. The minimum atomic E-state index is -1.58. The van der Waals surface area contributed by atoms with Crippen molar-refractivity contribution in [3.8, 4) is 0 Å². The molecule has 0 bridgehead atoms.